The lowest BCUT2D eigenvalue weighted by molar-refractivity contribution is -0.115. The van der Waals surface area contributed by atoms with Crippen molar-refractivity contribution in [3.8, 4) is 0 Å². The van der Waals surface area contributed by atoms with Gasteiger partial charge in [0.25, 0.3) is 0 Å². The zero-order valence-electron chi connectivity index (χ0n) is 8.97. The van der Waals surface area contributed by atoms with Crippen molar-refractivity contribution in [3.05, 3.63) is 30.0 Å². The molecule has 0 radical (unpaired) electrons. The molecule has 3 heteroatoms. The number of likely N-dealkylation sites (N-methyl/N-ethyl adjacent to an activating group) is 1. The van der Waals surface area contributed by atoms with E-state index in [-0.39, 0.29) is 5.78 Å². The standard InChI is InChI=1S/C12H14N2O/c1-9-11(14(9)2)8-12(15)10-6-4-3-5-7-13-10/h3-6,9,11H,8H2,1-2H3/t9-,11+,14?/m1/s1. The highest BCUT2D eigenvalue weighted by Gasteiger charge is 2.41. The molecule has 1 unspecified atom stereocenters. The van der Waals surface area contributed by atoms with Crippen LogP contribution >= 0.6 is 0 Å². The molecule has 2 aliphatic heterocycles. The van der Waals surface area contributed by atoms with E-state index in [0.717, 1.165) is 0 Å². The number of carbonyl (C=O) groups is 1. The summed E-state index contributed by atoms with van der Waals surface area (Å²) < 4.78 is 0. The largest absolute Gasteiger partial charge is 0.297 e. The number of aliphatic imine (C=N–C) groups is 1. The van der Waals surface area contributed by atoms with Gasteiger partial charge < -0.3 is 0 Å². The topological polar surface area (TPSA) is 32.4 Å². The molecule has 3 atom stereocenters. The van der Waals surface area contributed by atoms with Crippen LogP contribution < -0.4 is 0 Å². The molecule has 1 fully saturated rings. The van der Waals surface area contributed by atoms with Crippen molar-refractivity contribution in [2.75, 3.05) is 7.05 Å². The van der Waals surface area contributed by atoms with Crippen LogP contribution in [0.3, 0.4) is 0 Å². The molecule has 15 heavy (non-hydrogen) atoms. The fourth-order valence-electron chi connectivity index (χ4n) is 1.73. The Morgan fingerprint density at radius 2 is 2.33 bits per heavy atom. The second-order valence-corrected chi connectivity index (χ2v) is 3.95. The Kier molecular flexibility index (Phi) is 2.67. The van der Waals surface area contributed by atoms with Crippen LogP contribution in [0.5, 0.6) is 0 Å². The average molecular weight is 202 g/mol. The number of hydrogen-bond acceptors (Lipinski definition) is 3. The molecule has 1 saturated heterocycles. The first-order chi connectivity index (χ1) is 7.20. The highest BCUT2D eigenvalue weighted by atomic mass is 16.1. The van der Waals surface area contributed by atoms with Crippen molar-refractivity contribution in [2.45, 2.75) is 25.4 Å². The summed E-state index contributed by atoms with van der Waals surface area (Å²) >= 11 is 0. The summed E-state index contributed by atoms with van der Waals surface area (Å²) in [4.78, 5) is 18.0. The van der Waals surface area contributed by atoms with E-state index in [1.807, 2.05) is 19.2 Å². The molecule has 2 rings (SSSR count). The Balaban J connectivity index is 2.00. The third kappa shape index (κ3) is 2.14. The Labute approximate surface area is 89.5 Å². The maximum absolute atomic E-state index is 11.8. The number of allylic oxidation sites excluding steroid dienone is 5. The van der Waals surface area contributed by atoms with Crippen molar-refractivity contribution in [1.82, 2.24) is 4.90 Å². The molecule has 2 aliphatic rings. The zero-order valence-corrected chi connectivity index (χ0v) is 8.97. The molecule has 0 aromatic rings. The first-order valence-corrected chi connectivity index (χ1v) is 5.11. The molecule has 0 aromatic heterocycles. The Hall–Kier alpha value is -1.44. The minimum Gasteiger partial charge on any atom is -0.297 e. The van der Waals surface area contributed by atoms with Crippen LogP contribution in [0.2, 0.25) is 0 Å². The second kappa shape index (κ2) is 3.97. The molecule has 0 aromatic carbocycles. The summed E-state index contributed by atoms with van der Waals surface area (Å²) in [5.41, 5.74) is 0.507. The van der Waals surface area contributed by atoms with E-state index in [4.69, 9.17) is 0 Å². The Bertz CT molecular complexity index is 392. The average Bonchev–Trinajstić information content (AvgIpc) is 2.89. The van der Waals surface area contributed by atoms with Gasteiger partial charge in [-0.25, -0.2) is 4.99 Å². The number of Topliss-reactive ketones (excluding diaryl/α,β-unsaturated/α-hetero) is 1. The van der Waals surface area contributed by atoms with Gasteiger partial charge >= 0.3 is 0 Å². The number of carbonyl (C=O) groups excluding carboxylic acids is 1. The molecular weight excluding hydrogens is 188 g/mol. The maximum Gasteiger partial charge on any atom is 0.183 e. The maximum atomic E-state index is 11.8. The van der Waals surface area contributed by atoms with Crippen LogP contribution in [0.15, 0.2) is 35.0 Å². The van der Waals surface area contributed by atoms with Crippen LogP contribution in [-0.4, -0.2) is 35.7 Å². The minimum atomic E-state index is 0.101. The lowest BCUT2D eigenvalue weighted by Crippen LogP contribution is -2.07. The first kappa shape index (κ1) is 10.1. The fraction of sp³-hybridized carbons (Fsp3) is 0.417. The Morgan fingerprint density at radius 3 is 3.00 bits per heavy atom. The molecule has 0 bridgehead atoms. The third-order valence-electron chi connectivity index (χ3n) is 3.03. The van der Waals surface area contributed by atoms with Gasteiger partial charge in [0.1, 0.15) is 5.70 Å². The number of rotatable bonds is 3. The molecule has 0 saturated carbocycles. The monoisotopic (exact) mass is 202 g/mol. The highest BCUT2D eigenvalue weighted by Crippen LogP contribution is 2.28. The number of hydrogen-bond donors (Lipinski definition) is 0. The van der Waals surface area contributed by atoms with Crippen molar-refractivity contribution in [1.29, 1.82) is 0 Å². The zero-order chi connectivity index (χ0) is 10.8. The predicted octanol–water partition coefficient (Wildman–Crippen LogP) is 1.33. The summed E-state index contributed by atoms with van der Waals surface area (Å²) in [6.07, 6.45) is 7.63. The lowest BCUT2D eigenvalue weighted by atomic mass is 10.1. The fourth-order valence-corrected chi connectivity index (χ4v) is 1.73. The molecule has 0 aliphatic carbocycles. The van der Waals surface area contributed by atoms with Gasteiger partial charge in [0.05, 0.1) is 0 Å². The minimum absolute atomic E-state index is 0.101. The van der Waals surface area contributed by atoms with Gasteiger partial charge in [0.15, 0.2) is 5.78 Å². The molecule has 3 nitrogen and oxygen atoms in total. The van der Waals surface area contributed by atoms with Gasteiger partial charge in [0.2, 0.25) is 0 Å². The van der Waals surface area contributed by atoms with E-state index < -0.39 is 0 Å². The van der Waals surface area contributed by atoms with Crippen molar-refractivity contribution in [3.63, 3.8) is 0 Å². The summed E-state index contributed by atoms with van der Waals surface area (Å²) in [7, 11) is 2.03. The number of nitrogens with zero attached hydrogens (tertiary/aromatic N) is 2. The molecule has 78 valence electrons. The van der Waals surface area contributed by atoms with Gasteiger partial charge in [-0.1, -0.05) is 12.2 Å². The SMILES string of the molecule is C[C@@H]1[C@H](CC(=O)C2=CC=CC=C=N2)N1C. The van der Waals surface area contributed by atoms with Gasteiger partial charge in [-0.05, 0) is 32.0 Å². The lowest BCUT2D eigenvalue weighted by Gasteiger charge is -1.97. The van der Waals surface area contributed by atoms with Crippen molar-refractivity contribution >= 4 is 11.7 Å². The summed E-state index contributed by atoms with van der Waals surface area (Å²) in [6.45, 7) is 2.13. The van der Waals surface area contributed by atoms with Crippen LogP contribution in [0.25, 0.3) is 0 Å². The van der Waals surface area contributed by atoms with Crippen molar-refractivity contribution in [2.24, 2.45) is 4.99 Å². The third-order valence-corrected chi connectivity index (χ3v) is 3.03. The van der Waals surface area contributed by atoms with Crippen LogP contribution in [0.1, 0.15) is 13.3 Å². The van der Waals surface area contributed by atoms with Crippen LogP contribution in [0, 0.1) is 0 Å². The quantitative estimate of drug-likeness (QED) is 0.647. The van der Waals surface area contributed by atoms with E-state index in [1.54, 1.807) is 12.2 Å². The van der Waals surface area contributed by atoms with Crippen LogP contribution in [0.4, 0.5) is 0 Å². The molecular formula is C12H14N2O. The van der Waals surface area contributed by atoms with E-state index >= 15 is 0 Å². The van der Waals surface area contributed by atoms with E-state index in [9.17, 15) is 4.79 Å². The normalized spacial score (nSPS) is 32.4. The Morgan fingerprint density at radius 1 is 1.60 bits per heavy atom. The molecule has 0 N–H and O–H groups in total. The molecule has 0 amide bonds. The number of ketones is 1. The van der Waals surface area contributed by atoms with Gasteiger partial charge in [-0.15, -0.1) is 0 Å². The summed E-state index contributed by atoms with van der Waals surface area (Å²) in [5, 5.41) is 0. The first-order valence-electron chi connectivity index (χ1n) is 5.11. The highest BCUT2D eigenvalue weighted by molar-refractivity contribution is 5.97. The van der Waals surface area contributed by atoms with Crippen LogP contribution in [-0.2, 0) is 4.79 Å². The molecule has 0 spiro atoms. The van der Waals surface area contributed by atoms with Gasteiger partial charge in [-0.3, -0.25) is 9.69 Å². The van der Waals surface area contributed by atoms with E-state index in [2.05, 4.69) is 22.7 Å². The van der Waals surface area contributed by atoms with Crippen molar-refractivity contribution < 1.29 is 4.79 Å². The molecule has 2 heterocycles. The summed E-state index contributed by atoms with van der Waals surface area (Å²) in [6, 6.07) is 0.917. The smallest absolute Gasteiger partial charge is 0.183 e. The van der Waals surface area contributed by atoms with Gasteiger partial charge in [-0.2, -0.15) is 0 Å². The predicted molar refractivity (Wildman–Crippen MR) is 59.9 cm³/mol. The van der Waals surface area contributed by atoms with E-state index in [0.29, 0.717) is 24.2 Å². The van der Waals surface area contributed by atoms with Gasteiger partial charge in [0, 0.05) is 18.5 Å². The van der Waals surface area contributed by atoms with E-state index in [1.165, 1.54) is 0 Å². The summed E-state index contributed by atoms with van der Waals surface area (Å²) in [5.74, 6) is 2.81. The second-order valence-electron chi connectivity index (χ2n) is 3.95.